The number of aliphatic imine (C=N–C) groups is 1. The molecule has 160 valence electrons. The monoisotopic (exact) mass is 408 g/mol. The van der Waals surface area contributed by atoms with E-state index in [4.69, 9.17) is 4.74 Å². The number of nitrogens with zero attached hydrogens (tertiary/aromatic N) is 1. The zero-order valence-corrected chi connectivity index (χ0v) is 17.7. The molecule has 1 aliphatic carbocycles. The lowest BCUT2D eigenvalue weighted by atomic mass is 10.1. The van der Waals surface area contributed by atoms with E-state index in [0.717, 1.165) is 36.5 Å². The van der Waals surface area contributed by atoms with Crippen molar-refractivity contribution in [2.75, 3.05) is 19.6 Å². The molecule has 0 saturated heterocycles. The molecule has 6 heteroatoms. The molecule has 0 aromatic heterocycles. The first-order valence-corrected chi connectivity index (χ1v) is 10.7. The Kier molecular flexibility index (Phi) is 8.72. The number of hydrogen-bond donors (Lipinski definition) is 3. The van der Waals surface area contributed by atoms with E-state index in [9.17, 15) is 4.79 Å². The lowest BCUT2D eigenvalue weighted by Crippen LogP contribution is -2.41. The molecule has 0 aliphatic heterocycles. The van der Waals surface area contributed by atoms with E-state index >= 15 is 0 Å². The van der Waals surface area contributed by atoms with Crippen LogP contribution in [0.2, 0.25) is 0 Å². The van der Waals surface area contributed by atoms with Gasteiger partial charge in [0.15, 0.2) is 5.96 Å². The van der Waals surface area contributed by atoms with Gasteiger partial charge in [-0.3, -0.25) is 4.79 Å². The van der Waals surface area contributed by atoms with Gasteiger partial charge in [-0.25, -0.2) is 4.99 Å². The van der Waals surface area contributed by atoms with Gasteiger partial charge >= 0.3 is 0 Å². The molecule has 2 aromatic carbocycles. The van der Waals surface area contributed by atoms with E-state index in [2.05, 4.69) is 57.3 Å². The minimum absolute atomic E-state index is 0.173. The van der Waals surface area contributed by atoms with Gasteiger partial charge in [0.05, 0.1) is 19.8 Å². The van der Waals surface area contributed by atoms with E-state index in [0.29, 0.717) is 32.8 Å². The zero-order chi connectivity index (χ0) is 21.0. The van der Waals surface area contributed by atoms with Crippen LogP contribution in [0, 0.1) is 5.92 Å². The highest BCUT2D eigenvalue weighted by Crippen LogP contribution is 2.28. The first-order valence-electron chi connectivity index (χ1n) is 10.7. The summed E-state index contributed by atoms with van der Waals surface area (Å²) >= 11 is 0. The molecule has 3 rings (SSSR count). The van der Waals surface area contributed by atoms with Crippen molar-refractivity contribution in [3.63, 3.8) is 0 Å². The number of carbonyl (C=O) groups is 1. The van der Waals surface area contributed by atoms with Crippen LogP contribution >= 0.6 is 0 Å². The van der Waals surface area contributed by atoms with Crippen LogP contribution in [0.1, 0.15) is 36.5 Å². The Morgan fingerprint density at radius 3 is 2.20 bits per heavy atom. The SMILES string of the molecule is CCNC(=NCc1ccc(COCc2ccccc2)cc1)NCCNC(=O)C1CC1. The number of benzene rings is 2. The Bertz CT molecular complexity index is 802. The Balaban J connectivity index is 1.39. The van der Waals surface area contributed by atoms with Crippen LogP contribution in [0.25, 0.3) is 0 Å². The van der Waals surface area contributed by atoms with E-state index in [1.54, 1.807) is 0 Å². The van der Waals surface area contributed by atoms with Crippen LogP contribution in [0.15, 0.2) is 59.6 Å². The standard InChI is InChI=1S/C24H32N4O2/c1-2-25-24(27-15-14-26-23(29)22-12-13-22)28-16-19-8-10-21(11-9-19)18-30-17-20-6-4-3-5-7-20/h3-11,22H,2,12-18H2,1H3,(H,26,29)(H2,25,27,28). The fourth-order valence-corrected chi connectivity index (χ4v) is 2.97. The maximum atomic E-state index is 11.7. The molecule has 1 aliphatic rings. The topological polar surface area (TPSA) is 74.8 Å². The van der Waals surface area contributed by atoms with Gasteiger partial charge < -0.3 is 20.7 Å². The van der Waals surface area contributed by atoms with Gasteiger partial charge in [-0.2, -0.15) is 0 Å². The fraction of sp³-hybridized carbons (Fsp3) is 0.417. The molecule has 6 nitrogen and oxygen atoms in total. The molecule has 0 radical (unpaired) electrons. The Labute approximate surface area is 179 Å². The van der Waals surface area contributed by atoms with E-state index < -0.39 is 0 Å². The molecule has 0 atom stereocenters. The van der Waals surface area contributed by atoms with Gasteiger partial charge in [0.1, 0.15) is 0 Å². The summed E-state index contributed by atoms with van der Waals surface area (Å²) < 4.78 is 5.79. The van der Waals surface area contributed by atoms with Crippen LogP contribution < -0.4 is 16.0 Å². The second-order valence-electron chi connectivity index (χ2n) is 7.48. The smallest absolute Gasteiger partial charge is 0.223 e. The average Bonchev–Trinajstić information content (AvgIpc) is 3.62. The van der Waals surface area contributed by atoms with Gasteiger partial charge in [-0.05, 0) is 36.5 Å². The minimum Gasteiger partial charge on any atom is -0.372 e. The van der Waals surface area contributed by atoms with E-state index in [-0.39, 0.29) is 11.8 Å². The number of rotatable bonds is 11. The van der Waals surface area contributed by atoms with Crippen LogP contribution in [0.3, 0.4) is 0 Å². The van der Waals surface area contributed by atoms with Crippen molar-refractivity contribution in [2.24, 2.45) is 10.9 Å². The molecular weight excluding hydrogens is 376 g/mol. The molecule has 1 fully saturated rings. The van der Waals surface area contributed by atoms with Gasteiger partial charge in [0.2, 0.25) is 5.91 Å². The molecule has 1 saturated carbocycles. The van der Waals surface area contributed by atoms with Crippen molar-refractivity contribution in [1.29, 1.82) is 0 Å². The molecule has 2 aromatic rings. The first-order chi connectivity index (χ1) is 14.7. The molecule has 30 heavy (non-hydrogen) atoms. The summed E-state index contributed by atoms with van der Waals surface area (Å²) in [7, 11) is 0. The van der Waals surface area contributed by atoms with Gasteiger partial charge in [-0.1, -0.05) is 54.6 Å². The largest absolute Gasteiger partial charge is 0.372 e. The predicted octanol–water partition coefficient (Wildman–Crippen LogP) is 2.98. The summed E-state index contributed by atoms with van der Waals surface area (Å²) in [5, 5.41) is 9.45. The first kappa shape index (κ1) is 21.8. The van der Waals surface area contributed by atoms with Crippen LogP contribution in [0.4, 0.5) is 0 Å². The number of nitrogens with one attached hydrogen (secondary N) is 3. The average molecular weight is 409 g/mol. The molecule has 0 spiro atoms. The number of hydrogen-bond acceptors (Lipinski definition) is 3. The van der Waals surface area contributed by atoms with Crippen molar-refractivity contribution in [3.05, 3.63) is 71.3 Å². The lowest BCUT2D eigenvalue weighted by Gasteiger charge is -2.12. The fourth-order valence-electron chi connectivity index (χ4n) is 2.97. The maximum absolute atomic E-state index is 11.7. The molecular formula is C24H32N4O2. The van der Waals surface area contributed by atoms with Crippen LogP contribution in [-0.4, -0.2) is 31.5 Å². The van der Waals surface area contributed by atoms with Crippen molar-refractivity contribution in [1.82, 2.24) is 16.0 Å². The number of ether oxygens (including phenoxy) is 1. The second kappa shape index (κ2) is 12.0. The van der Waals surface area contributed by atoms with Crippen LogP contribution in [0.5, 0.6) is 0 Å². The third-order valence-electron chi connectivity index (χ3n) is 4.83. The zero-order valence-electron chi connectivity index (χ0n) is 17.7. The normalized spacial score (nSPS) is 13.7. The molecule has 0 bridgehead atoms. The quantitative estimate of drug-likeness (QED) is 0.304. The molecule has 0 unspecified atom stereocenters. The van der Waals surface area contributed by atoms with Gasteiger partial charge in [0, 0.05) is 25.6 Å². The summed E-state index contributed by atoms with van der Waals surface area (Å²) in [5.41, 5.74) is 3.47. The summed E-state index contributed by atoms with van der Waals surface area (Å²) in [6.07, 6.45) is 2.06. The maximum Gasteiger partial charge on any atom is 0.223 e. The van der Waals surface area contributed by atoms with Crippen molar-refractivity contribution in [3.8, 4) is 0 Å². The molecule has 0 heterocycles. The van der Waals surface area contributed by atoms with Crippen molar-refractivity contribution in [2.45, 2.75) is 39.5 Å². The summed E-state index contributed by atoms with van der Waals surface area (Å²) in [6.45, 7) is 5.89. The van der Waals surface area contributed by atoms with Gasteiger partial charge in [0.25, 0.3) is 0 Å². The summed E-state index contributed by atoms with van der Waals surface area (Å²) in [5.74, 6) is 1.18. The number of amides is 1. The lowest BCUT2D eigenvalue weighted by molar-refractivity contribution is -0.122. The van der Waals surface area contributed by atoms with E-state index in [1.807, 2.05) is 25.1 Å². The minimum atomic E-state index is 0.173. The van der Waals surface area contributed by atoms with E-state index in [1.165, 1.54) is 5.56 Å². The second-order valence-corrected chi connectivity index (χ2v) is 7.48. The third kappa shape index (κ3) is 7.87. The van der Waals surface area contributed by atoms with Gasteiger partial charge in [-0.15, -0.1) is 0 Å². The Morgan fingerprint density at radius 2 is 1.53 bits per heavy atom. The predicted molar refractivity (Wildman–Crippen MR) is 120 cm³/mol. The summed E-state index contributed by atoms with van der Waals surface area (Å²) in [6, 6.07) is 18.5. The highest BCUT2D eigenvalue weighted by atomic mass is 16.5. The Morgan fingerprint density at radius 1 is 0.900 bits per heavy atom. The van der Waals surface area contributed by atoms with Crippen LogP contribution in [-0.2, 0) is 29.3 Å². The number of guanidine groups is 1. The molecule has 1 amide bonds. The molecule has 3 N–H and O–H groups in total. The Hall–Kier alpha value is -2.86. The highest BCUT2D eigenvalue weighted by molar-refractivity contribution is 5.81. The number of carbonyl (C=O) groups excluding carboxylic acids is 1. The summed E-state index contributed by atoms with van der Waals surface area (Å²) in [4.78, 5) is 16.3. The third-order valence-corrected chi connectivity index (χ3v) is 4.83. The highest BCUT2D eigenvalue weighted by Gasteiger charge is 2.28. The van der Waals surface area contributed by atoms with Crippen molar-refractivity contribution < 1.29 is 9.53 Å². The van der Waals surface area contributed by atoms with Crippen molar-refractivity contribution >= 4 is 11.9 Å².